The molecule has 9 nitrogen and oxygen atoms in total. The molecule has 1 amide bonds. The van der Waals surface area contributed by atoms with E-state index < -0.39 is 0 Å². The van der Waals surface area contributed by atoms with Crippen LogP contribution >= 0.6 is 0 Å². The summed E-state index contributed by atoms with van der Waals surface area (Å²) in [7, 11) is 0. The number of rotatable bonds is 6. The number of hydrogen-bond acceptors (Lipinski definition) is 7. The van der Waals surface area contributed by atoms with Crippen molar-refractivity contribution in [1.82, 2.24) is 24.9 Å². The Labute approximate surface area is 166 Å². The number of amides is 1. The topological polar surface area (TPSA) is 108 Å². The molecule has 1 aromatic carbocycles. The summed E-state index contributed by atoms with van der Waals surface area (Å²) in [5.74, 6) is 0.990. The number of fused-ring (bicyclic) bond motifs is 1. The van der Waals surface area contributed by atoms with Gasteiger partial charge in [0, 0.05) is 18.4 Å². The molecule has 3 heterocycles. The van der Waals surface area contributed by atoms with E-state index in [9.17, 15) is 4.79 Å². The van der Waals surface area contributed by atoms with Gasteiger partial charge in [0.15, 0.2) is 12.3 Å². The minimum Gasteiger partial charge on any atom is -0.485 e. The minimum absolute atomic E-state index is 0.101. The first-order valence-corrected chi connectivity index (χ1v) is 9.17. The van der Waals surface area contributed by atoms with Gasteiger partial charge in [0.05, 0.1) is 23.6 Å². The summed E-state index contributed by atoms with van der Waals surface area (Å²) in [6, 6.07) is 9.02. The number of pyridine rings is 1. The zero-order valence-electron chi connectivity index (χ0n) is 16.3. The molecular weight excluding hydrogens is 372 g/mol. The fourth-order valence-electron chi connectivity index (χ4n) is 2.91. The highest BCUT2D eigenvalue weighted by atomic mass is 16.5. The van der Waals surface area contributed by atoms with E-state index in [4.69, 9.17) is 9.26 Å². The van der Waals surface area contributed by atoms with Crippen molar-refractivity contribution in [3.63, 3.8) is 0 Å². The number of ether oxygens (including phenoxy) is 1. The van der Waals surface area contributed by atoms with E-state index >= 15 is 0 Å². The number of benzene rings is 1. The number of aromatic nitrogens is 5. The van der Waals surface area contributed by atoms with Crippen LogP contribution in [0.4, 0.5) is 5.69 Å². The monoisotopic (exact) mass is 392 g/mol. The van der Waals surface area contributed by atoms with Crippen LogP contribution in [0.5, 0.6) is 5.75 Å². The molecule has 0 aliphatic carbocycles. The summed E-state index contributed by atoms with van der Waals surface area (Å²) in [5.41, 5.74) is 1.75. The smallest absolute Gasteiger partial charge is 0.259 e. The molecule has 9 heteroatoms. The van der Waals surface area contributed by atoms with Crippen LogP contribution in [0.1, 0.15) is 42.0 Å². The molecular formula is C20H20N6O3. The number of aryl methyl sites for hydroxylation is 1. The second kappa shape index (κ2) is 7.70. The first-order valence-electron chi connectivity index (χ1n) is 9.17. The third kappa shape index (κ3) is 3.93. The number of carbonyl (C=O) groups excluding carboxylic acids is 1. The molecule has 0 saturated heterocycles. The SMILES string of the molecule is Cc1nc(COc2ccccc2C(=O)Nc2cnc3c(cnn3C(C)C)c2)no1. The molecule has 0 radical (unpaired) electrons. The molecule has 0 saturated carbocycles. The van der Waals surface area contributed by atoms with E-state index in [0.29, 0.717) is 28.7 Å². The van der Waals surface area contributed by atoms with Gasteiger partial charge < -0.3 is 14.6 Å². The standard InChI is InChI=1S/C20H20N6O3/c1-12(2)26-19-14(9-22-26)8-15(10-21-19)24-20(27)16-6-4-5-7-17(16)28-11-18-23-13(3)29-25-18/h4-10,12H,11H2,1-3H3,(H,24,27). The quantitative estimate of drug-likeness (QED) is 0.535. The lowest BCUT2D eigenvalue weighted by atomic mass is 10.2. The van der Waals surface area contributed by atoms with Gasteiger partial charge in [0.2, 0.25) is 11.7 Å². The maximum Gasteiger partial charge on any atom is 0.259 e. The average molecular weight is 392 g/mol. The summed E-state index contributed by atoms with van der Waals surface area (Å²) in [6.07, 6.45) is 3.36. The highest BCUT2D eigenvalue weighted by Gasteiger charge is 2.15. The van der Waals surface area contributed by atoms with Crippen molar-refractivity contribution in [1.29, 1.82) is 0 Å². The molecule has 0 unspecified atom stereocenters. The van der Waals surface area contributed by atoms with Gasteiger partial charge >= 0.3 is 0 Å². The Morgan fingerprint density at radius 3 is 2.86 bits per heavy atom. The fraction of sp³-hybridized carbons (Fsp3) is 0.250. The van der Waals surface area contributed by atoms with Crippen molar-refractivity contribution in [3.8, 4) is 5.75 Å². The molecule has 29 heavy (non-hydrogen) atoms. The Morgan fingerprint density at radius 1 is 1.28 bits per heavy atom. The van der Waals surface area contributed by atoms with Crippen LogP contribution < -0.4 is 10.1 Å². The van der Waals surface area contributed by atoms with Crippen molar-refractivity contribution in [2.75, 3.05) is 5.32 Å². The predicted octanol–water partition coefficient (Wildman–Crippen LogP) is 3.53. The molecule has 0 atom stereocenters. The van der Waals surface area contributed by atoms with E-state index in [-0.39, 0.29) is 18.6 Å². The van der Waals surface area contributed by atoms with E-state index in [2.05, 4.69) is 25.5 Å². The lowest BCUT2D eigenvalue weighted by Crippen LogP contribution is -2.14. The summed E-state index contributed by atoms with van der Waals surface area (Å²) in [6.45, 7) is 5.88. The molecule has 4 rings (SSSR count). The number of carbonyl (C=O) groups is 1. The lowest BCUT2D eigenvalue weighted by molar-refractivity contribution is 0.102. The van der Waals surface area contributed by atoms with Crippen molar-refractivity contribution in [3.05, 3.63) is 60.0 Å². The van der Waals surface area contributed by atoms with E-state index in [0.717, 1.165) is 11.0 Å². The summed E-state index contributed by atoms with van der Waals surface area (Å²) < 4.78 is 12.5. The third-order valence-electron chi connectivity index (χ3n) is 4.24. The number of nitrogens with zero attached hydrogens (tertiary/aromatic N) is 5. The summed E-state index contributed by atoms with van der Waals surface area (Å²) in [4.78, 5) is 21.3. The molecule has 3 aromatic heterocycles. The zero-order chi connectivity index (χ0) is 20.4. The largest absolute Gasteiger partial charge is 0.485 e. The van der Waals surface area contributed by atoms with E-state index in [1.165, 1.54) is 0 Å². The van der Waals surface area contributed by atoms with Crippen LogP contribution in [0, 0.1) is 6.92 Å². The fourth-order valence-corrected chi connectivity index (χ4v) is 2.91. The molecule has 4 aromatic rings. The number of hydrogen-bond donors (Lipinski definition) is 1. The van der Waals surface area contributed by atoms with E-state index in [1.807, 2.05) is 24.6 Å². The summed E-state index contributed by atoms with van der Waals surface area (Å²) in [5, 5.41) is 11.9. The van der Waals surface area contributed by atoms with Crippen molar-refractivity contribution >= 4 is 22.6 Å². The van der Waals surface area contributed by atoms with Gasteiger partial charge in [-0.15, -0.1) is 0 Å². The Hall–Kier alpha value is -3.75. The first kappa shape index (κ1) is 18.6. The Balaban J connectivity index is 1.52. The Kier molecular flexibility index (Phi) is 4.94. The molecule has 0 spiro atoms. The number of nitrogens with one attached hydrogen (secondary N) is 1. The van der Waals surface area contributed by atoms with Crippen LogP contribution in [-0.4, -0.2) is 30.8 Å². The normalized spacial score (nSPS) is 11.2. The molecule has 148 valence electrons. The Morgan fingerprint density at radius 2 is 2.10 bits per heavy atom. The van der Waals surface area contributed by atoms with Gasteiger partial charge in [-0.25, -0.2) is 9.67 Å². The van der Waals surface area contributed by atoms with E-state index in [1.54, 1.807) is 43.6 Å². The molecule has 0 aliphatic heterocycles. The van der Waals surface area contributed by atoms with Gasteiger partial charge in [0.1, 0.15) is 5.75 Å². The first-order chi connectivity index (χ1) is 14.0. The van der Waals surface area contributed by atoms with Gasteiger partial charge in [-0.2, -0.15) is 10.1 Å². The van der Waals surface area contributed by atoms with Crippen molar-refractivity contribution in [2.24, 2.45) is 0 Å². The van der Waals surface area contributed by atoms with Crippen LogP contribution in [-0.2, 0) is 6.61 Å². The van der Waals surface area contributed by atoms with Gasteiger partial charge in [-0.1, -0.05) is 17.3 Å². The number of para-hydroxylation sites is 1. The van der Waals surface area contributed by atoms with Crippen molar-refractivity contribution in [2.45, 2.75) is 33.4 Å². The van der Waals surface area contributed by atoms with Gasteiger partial charge in [-0.05, 0) is 32.0 Å². The molecule has 0 bridgehead atoms. The van der Waals surface area contributed by atoms with Crippen LogP contribution in [0.25, 0.3) is 11.0 Å². The number of anilines is 1. The molecule has 0 fully saturated rings. The second-order valence-corrected chi connectivity index (χ2v) is 6.79. The van der Waals surface area contributed by atoms with Gasteiger partial charge in [0.25, 0.3) is 5.91 Å². The highest BCUT2D eigenvalue weighted by Crippen LogP contribution is 2.23. The molecule has 0 aliphatic rings. The maximum absolute atomic E-state index is 12.8. The minimum atomic E-state index is -0.303. The van der Waals surface area contributed by atoms with Gasteiger partial charge in [-0.3, -0.25) is 4.79 Å². The highest BCUT2D eigenvalue weighted by molar-refractivity contribution is 6.06. The van der Waals surface area contributed by atoms with Crippen LogP contribution in [0.15, 0.2) is 47.2 Å². The lowest BCUT2D eigenvalue weighted by Gasteiger charge is -2.11. The van der Waals surface area contributed by atoms with Crippen LogP contribution in [0.2, 0.25) is 0 Å². The average Bonchev–Trinajstić information content (AvgIpc) is 3.32. The Bertz CT molecular complexity index is 1160. The second-order valence-electron chi connectivity index (χ2n) is 6.79. The van der Waals surface area contributed by atoms with Crippen LogP contribution in [0.3, 0.4) is 0 Å². The summed E-state index contributed by atoms with van der Waals surface area (Å²) >= 11 is 0. The molecule has 1 N–H and O–H groups in total. The maximum atomic E-state index is 12.8. The third-order valence-corrected chi connectivity index (χ3v) is 4.24. The van der Waals surface area contributed by atoms with Crippen molar-refractivity contribution < 1.29 is 14.1 Å². The zero-order valence-corrected chi connectivity index (χ0v) is 16.3. The predicted molar refractivity (Wildman–Crippen MR) is 106 cm³/mol.